The summed E-state index contributed by atoms with van der Waals surface area (Å²) in [6.07, 6.45) is 1.50. The second kappa shape index (κ2) is 7.49. The zero-order chi connectivity index (χ0) is 16.8. The van der Waals surface area contributed by atoms with Gasteiger partial charge >= 0.3 is 5.97 Å². The number of carboxylic acids is 1. The normalized spacial score (nSPS) is 10.6. The predicted molar refractivity (Wildman–Crippen MR) is 83.5 cm³/mol. The predicted octanol–water partition coefficient (Wildman–Crippen LogP) is 2.80. The van der Waals surface area contributed by atoms with Gasteiger partial charge in [-0.05, 0) is 23.8 Å². The third kappa shape index (κ3) is 4.60. The van der Waals surface area contributed by atoms with Crippen LogP contribution in [0.15, 0.2) is 41.0 Å². The molecular formula is C17H19NO5. The first-order chi connectivity index (χ1) is 11.0. The van der Waals surface area contributed by atoms with Gasteiger partial charge in [0.2, 0.25) is 0 Å². The molecule has 1 amide bonds. The number of hydrogen-bond acceptors (Lipinski definition) is 4. The number of benzene rings is 1. The first-order valence-electron chi connectivity index (χ1n) is 7.26. The van der Waals surface area contributed by atoms with Crippen LogP contribution in [0.25, 0.3) is 0 Å². The molecule has 0 fully saturated rings. The molecule has 0 aliphatic rings. The van der Waals surface area contributed by atoms with Crippen LogP contribution in [0.3, 0.4) is 0 Å². The summed E-state index contributed by atoms with van der Waals surface area (Å²) < 4.78 is 10.4. The van der Waals surface area contributed by atoms with Crippen molar-refractivity contribution in [1.82, 2.24) is 5.32 Å². The van der Waals surface area contributed by atoms with E-state index in [2.05, 4.69) is 5.32 Å². The fourth-order valence-corrected chi connectivity index (χ4v) is 2.12. The minimum Gasteiger partial charge on any atom is -0.482 e. The molecule has 1 heterocycles. The highest BCUT2D eigenvalue weighted by Gasteiger charge is 2.16. The molecule has 0 unspecified atom stereocenters. The number of aliphatic carboxylic acids is 1. The van der Waals surface area contributed by atoms with Crippen LogP contribution in [0.4, 0.5) is 0 Å². The van der Waals surface area contributed by atoms with Crippen molar-refractivity contribution in [1.29, 1.82) is 0 Å². The summed E-state index contributed by atoms with van der Waals surface area (Å²) in [7, 11) is 0. The van der Waals surface area contributed by atoms with Gasteiger partial charge in [-0.25, -0.2) is 4.79 Å². The van der Waals surface area contributed by atoms with E-state index in [1.165, 1.54) is 6.26 Å². The van der Waals surface area contributed by atoms with E-state index in [9.17, 15) is 9.59 Å². The summed E-state index contributed by atoms with van der Waals surface area (Å²) in [6.45, 7) is 3.83. The lowest BCUT2D eigenvalue weighted by Crippen LogP contribution is -2.23. The maximum absolute atomic E-state index is 12.2. The van der Waals surface area contributed by atoms with Crippen molar-refractivity contribution in [3.8, 4) is 5.75 Å². The molecule has 0 atom stereocenters. The van der Waals surface area contributed by atoms with Crippen molar-refractivity contribution in [2.24, 2.45) is 0 Å². The van der Waals surface area contributed by atoms with E-state index < -0.39 is 12.6 Å². The average molecular weight is 317 g/mol. The van der Waals surface area contributed by atoms with E-state index in [0.717, 1.165) is 5.56 Å². The molecule has 0 spiro atoms. The zero-order valence-corrected chi connectivity index (χ0v) is 13.0. The van der Waals surface area contributed by atoms with Gasteiger partial charge in [0.05, 0.1) is 11.8 Å². The van der Waals surface area contributed by atoms with Crippen LogP contribution in [-0.4, -0.2) is 23.6 Å². The van der Waals surface area contributed by atoms with Gasteiger partial charge in [-0.15, -0.1) is 0 Å². The number of carbonyl (C=O) groups excluding carboxylic acids is 1. The lowest BCUT2D eigenvalue weighted by atomic mass is 10.1. The number of amides is 1. The fourth-order valence-electron chi connectivity index (χ4n) is 2.12. The Labute approximate surface area is 134 Å². The summed E-state index contributed by atoms with van der Waals surface area (Å²) in [5.74, 6) is -0.0194. The van der Waals surface area contributed by atoms with Gasteiger partial charge in [0, 0.05) is 12.5 Å². The summed E-state index contributed by atoms with van der Waals surface area (Å²) >= 11 is 0. The van der Waals surface area contributed by atoms with E-state index >= 15 is 0 Å². The summed E-state index contributed by atoms with van der Waals surface area (Å²) in [5, 5.41) is 11.4. The maximum Gasteiger partial charge on any atom is 0.341 e. The van der Waals surface area contributed by atoms with Crippen LogP contribution >= 0.6 is 0 Å². The summed E-state index contributed by atoms with van der Waals surface area (Å²) in [4.78, 5) is 22.7. The first-order valence-corrected chi connectivity index (χ1v) is 7.26. The molecular weight excluding hydrogens is 298 g/mol. The molecule has 2 rings (SSSR count). The first kappa shape index (κ1) is 16.6. The van der Waals surface area contributed by atoms with Gasteiger partial charge in [-0.2, -0.15) is 0 Å². The standard InChI is InChI=1S/C17H19NO5/c1-11(2)16-14(6-7-22-16)17(21)18-9-12-4-3-5-13(8-12)23-10-15(19)20/h3-8,11H,9-10H2,1-2H3,(H,18,21)(H,19,20). The SMILES string of the molecule is CC(C)c1occc1C(=O)NCc1cccc(OCC(=O)O)c1. The number of carboxylic acid groups (broad SMARTS) is 1. The Kier molecular flexibility index (Phi) is 5.41. The largest absolute Gasteiger partial charge is 0.482 e. The quantitative estimate of drug-likeness (QED) is 0.819. The van der Waals surface area contributed by atoms with E-state index in [4.69, 9.17) is 14.3 Å². The molecule has 0 saturated carbocycles. The van der Waals surface area contributed by atoms with Crippen molar-refractivity contribution < 1.29 is 23.8 Å². The molecule has 0 aliphatic carbocycles. The van der Waals surface area contributed by atoms with Crippen LogP contribution in [0.2, 0.25) is 0 Å². The molecule has 2 N–H and O–H groups in total. The smallest absolute Gasteiger partial charge is 0.341 e. The van der Waals surface area contributed by atoms with E-state index in [0.29, 0.717) is 23.6 Å². The Bertz CT molecular complexity index is 690. The third-order valence-corrected chi connectivity index (χ3v) is 3.18. The number of furan rings is 1. The van der Waals surface area contributed by atoms with E-state index in [-0.39, 0.29) is 11.8 Å². The number of hydrogen-bond donors (Lipinski definition) is 2. The molecule has 122 valence electrons. The second-order valence-corrected chi connectivity index (χ2v) is 5.37. The Morgan fingerprint density at radius 3 is 2.78 bits per heavy atom. The monoisotopic (exact) mass is 317 g/mol. The molecule has 6 heteroatoms. The lowest BCUT2D eigenvalue weighted by molar-refractivity contribution is -0.139. The van der Waals surface area contributed by atoms with Gasteiger partial charge in [0.15, 0.2) is 6.61 Å². The van der Waals surface area contributed by atoms with Gasteiger partial charge in [0.25, 0.3) is 5.91 Å². The highest BCUT2D eigenvalue weighted by atomic mass is 16.5. The van der Waals surface area contributed by atoms with Gasteiger partial charge < -0.3 is 19.6 Å². The van der Waals surface area contributed by atoms with E-state index in [1.807, 2.05) is 19.9 Å². The van der Waals surface area contributed by atoms with Gasteiger partial charge in [0.1, 0.15) is 11.5 Å². The summed E-state index contributed by atoms with van der Waals surface area (Å²) in [5.41, 5.74) is 1.34. The number of carbonyl (C=O) groups is 2. The van der Waals surface area contributed by atoms with Gasteiger partial charge in [-0.1, -0.05) is 26.0 Å². The second-order valence-electron chi connectivity index (χ2n) is 5.37. The van der Waals surface area contributed by atoms with E-state index in [1.54, 1.807) is 24.3 Å². The van der Waals surface area contributed by atoms with Crippen molar-refractivity contribution in [3.63, 3.8) is 0 Å². The average Bonchev–Trinajstić information content (AvgIpc) is 3.01. The molecule has 0 bridgehead atoms. The van der Waals surface area contributed by atoms with Crippen molar-refractivity contribution in [2.45, 2.75) is 26.3 Å². The highest BCUT2D eigenvalue weighted by molar-refractivity contribution is 5.95. The Morgan fingerprint density at radius 1 is 1.30 bits per heavy atom. The highest BCUT2D eigenvalue weighted by Crippen LogP contribution is 2.20. The third-order valence-electron chi connectivity index (χ3n) is 3.18. The number of rotatable bonds is 7. The molecule has 6 nitrogen and oxygen atoms in total. The zero-order valence-electron chi connectivity index (χ0n) is 13.0. The lowest BCUT2D eigenvalue weighted by Gasteiger charge is -2.09. The van der Waals surface area contributed by atoms with Crippen LogP contribution in [0, 0.1) is 0 Å². The molecule has 0 saturated heterocycles. The Balaban J connectivity index is 1.97. The van der Waals surface area contributed by atoms with Gasteiger partial charge in [-0.3, -0.25) is 4.79 Å². The Morgan fingerprint density at radius 2 is 2.09 bits per heavy atom. The number of nitrogens with one attached hydrogen (secondary N) is 1. The molecule has 23 heavy (non-hydrogen) atoms. The van der Waals surface area contributed by atoms with Crippen LogP contribution in [0.1, 0.15) is 41.4 Å². The van der Waals surface area contributed by atoms with Crippen LogP contribution < -0.4 is 10.1 Å². The molecule has 1 aromatic heterocycles. The topological polar surface area (TPSA) is 88.8 Å². The minimum atomic E-state index is -1.04. The van der Waals surface area contributed by atoms with Crippen molar-refractivity contribution in [2.75, 3.05) is 6.61 Å². The van der Waals surface area contributed by atoms with Crippen molar-refractivity contribution in [3.05, 3.63) is 53.5 Å². The van der Waals surface area contributed by atoms with Crippen LogP contribution in [-0.2, 0) is 11.3 Å². The molecule has 0 aliphatic heterocycles. The molecule has 0 radical (unpaired) electrons. The molecule has 2 aromatic rings. The van der Waals surface area contributed by atoms with Crippen molar-refractivity contribution >= 4 is 11.9 Å². The Hall–Kier alpha value is -2.76. The number of ether oxygens (including phenoxy) is 1. The minimum absolute atomic E-state index is 0.124. The summed E-state index contributed by atoms with van der Waals surface area (Å²) in [6, 6.07) is 8.59. The molecule has 1 aromatic carbocycles. The van der Waals surface area contributed by atoms with Crippen LogP contribution in [0.5, 0.6) is 5.75 Å². The fraction of sp³-hybridized carbons (Fsp3) is 0.294. The maximum atomic E-state index is 12.2.